The summed E-state index contributed by atoms with van der Waals surface area (Å²) in [5.74, 6) is -0.761. The molecule has 116 valence electrons. The van der Waals surface area contributed by atoms with Gasteiger partial charge >= 0.3 is 0 Å². The lowest BCUT2D eigenvalue weighted by Gasteiger charge is -2.15. The molecule has 0 fully saturated rings. The second-order valence-corrected chi connectivity index (χ2v) is 6.63. The zero-order valence-corrected chi connectivity index (χ0v) is 13.5. The van der Waals surface area contributed by atoms with Crippen LogP contribution in [0.25, 0.3) is 0 Å². The quantitative estimate of drug-likeness (QED) is 0.663. The second kappa shape index (κ2) is 8.56. The largest absolute Gasteiger partial charge is 0.464 e. The van der Waals surface area contributed by atoms with Crippen LogP contribution in [0.4, 0.5) is 8.78 Å². The van der Waals surface area contributed by atoms with Gasteiger partial charge in [-0.25, -0.2) is 0 Å². The molecule has 1 unspecified atom stereocenters. The molecule has 0 aromatic carbocycles. The van der Waals surface area contributed by atoms with E-state index in [0.717, 1.165) is 18.6 Å². The molecular weight excluding hydrogens is 312 g/mol. The Bertz CT molecular complexity index is 513. The fraction of sp³-hybridized carbons (Fsp3) is 0.467. The average Bonchev–Trinajstić information content (AvgIpc) is 3.12. The van der Waals surface area contributed by atoms with Crippen LogP contribution in [-0.2, 0) is 12.3 Å². The van der Waals surface area contributed by atoms with Crippen molar-refractivity contribution in [1.29, 1.82) is 0 Å². The Morgan fingerprint density at radius 2 is 2.10 bits per heavy atom. The van der Waals surface area contributed by atoms with Gasteiger partial charge in [0.25, 0.3) is 5.76 Å². The highest BCUT2D eigenvalue weighted by atomic mass is 32.2. The van der Waals surface area contributed by atoms with E-state index < -0.39 is 5.76 Å². The lowest BCUT2D eigenvalue weighted by Crippen LogP contribution is -2.19. The molecule has 0 radical (unpaired) electrons. The Hall–Kier alpha value is -0.850. The molecule has 0 saturated carbocycles. The van der Waals surface area contributed by atoms with Crippen molar-refractivity contribution >= 4 is 23.1 Å². The Balaban J connectivity index is 1.86. The summed E-state index contributed by atoms with van der Waals surface area (Å²) in [6, 6.07) is 8.12. The molecule has 1 N–H and O–H groups in total. The Morgan fingerprint density at radius 3 is 2.76 bits per heavy atom. The van der Waals surface area contributed by atoms with Gasteiger partial charge in [-0.2, -0.15) is 8.78 Å². The van der Waals surface area contributed by atoms with Crippen molar-refractivity contribution in [1.82, 2.24) is 5.32 Å². The third kappa shape index (κ3) is 5.45. The predicted octanol–water partition coefficient (Wildman–Crippen LogP) is 5.43. The number of nitrogens with one attached hydrogen (secondary N) is 1. The van der Waals surface area contributed by atoms with E-state index in [1.54, 1.807) is 17.4 Å². The molecule has 2 aromatic heterocycles. The van der Waals surface area contributed by atoms with Crippen molar-refractivity contribution in [2.24, 2.45) is 0 Å². The number of rotatable bonds is 9. The van der Waals surface area contributed by atoms with Gasteiger partial charge in [-0.3, -0.25) is 0 Å². The minimum atomic E-state index is -2.36. The maximum atomic E-state index is 12.1. The molecule has 21 heavy (non-hydrogen) atoms. The SMILES string of the molecule is CCCC(NCc1ccc(CSC(F)F)o1)c1cccs1. The summed E-state index contributed by atoms with van der Waals surface area (Å²) in [4.78, 5) is 1.32. The molecule has 0 bridgehead atoms. The first-order valence-electron chi connectivity index (χ1n) is 6.93. The van der Waals surface area contributed by atoms with Crippen LogP contribution in [0.3, 0.4) is 0 Å². The summed E-state index contributed by atoms with van der Waals surface area (Å²) < 4.78 is 29.8. The van der Waals surface area contributed by atoms with Crippen molar-refractivity contribution in [3.8, 4) is 0 Å². The molecule has 2 aromatic rings. The maximum Gasteiger partial charge on any atom is 0.284 e. The Kier molecular flexibility index (Phi) is 6.73. The summed E-state index contributed by atoms with van der Waals surface area (Å²) in [6.07, 6.45) is 2.17. The van der Waals surface area contributed by atoms with Crippen LogP contribution in [0.15, 0.2) is 34.1 Å². The normalized spacial score (nSPS) is 13.0. The van der Waals surface area contributed by atoms with Gasteiger partial charge in [0.1, 0.15) is 11.5 Å². The standard InChI is InChI=1S/C15H19F2NOS2/c1-2-4-13(14-5-3-8-20-14)18-9-11-6-7-12(19-11)10-21-15(16)17/h3,5-8,13,15,18H,2,4,9-10H2,1H3. The van der Waals surface area contributed by atoms with Gasteiger partial charge in [0.2, 0.25) is 0 Å². The van der Waals surface area contributed by atoms with Crippen molar-refractivity contribution in [3.63, 3.8) is 0 Å². The van der Waals surface area contributed by atoms with Crippen LogP contribution in [-0.4, -0.2) is 5.76 Å². The molecule has 0 aliphatic carbocycles. The fourth-order valence-electron chi connectivity index (χ4n) is 2.09. The van der Waals surface area contributed by atoms with E-state index >= 15 is 0 Å². The van der Waals surface area contributed by atoms with Crippen molar-refractivity contribution in [3.05, 3.63) is 46.0 Å². The van der Waals surface area contributed by atoms with E-state index in [0.29, 0.717) is 30.1 Å². The lowest BCUT2D eigenvalue weighted by atomic mass is 10.1. The summed E-state index contributed by atoms with van der Waals surface area (Å²) in [5.41, 5.74) is 0. The van der Waals surface area contributed by atoms with E-state index in [9.17, 15) is 8.78 Å². The van der Waals surface area contributed by atoms with E-state index in [1.807, 2.05) is 6.07 Å². The molecule has 1 atom stereocenters. The van der Waals surface area contributed by atoms with Crippen LogP contribution >= 0.6 is 23.1 Å². The Labute approximate surface area is 131 Å². The smallest absolute Gasteiger partial charge is 0.284 e. The molecular formula is C15H19F2NOS2. The number of furan rings is 1. The number of thioether (sulfide) groups is 1. The monoisotopic (exact) mass is 331 g/mol. The molecule has 0 amide bonds. The minimum absolute atomic E-state index is 0.209. The van der Waals surface area contributed by atoms with Gasteiger partial charge in [0.05, 0.1) is 12.3 Å². The molecule has 6 heteroatoms. The highest BCUT2D eigenvalue weighted by Crippen LogP contribution is 2.25. The van der Waals surface area contributed by atoms with Crippen LogP contribution in [0.1, 0.15) is 42.2 Å². The zero-order valence-electron chi connectivity index (χ0n) is 11.9. The zero-order chi connectivity index (χ0) is 15.1. The summed E-state index contributed by atoms with van der Waals surface area (Å²) in [7, 11) is 0. The van der Waals surface area contributed by atoms with E-state index in [4.69, 9.17) is 4.42 Å². The van der Waals surface area contributed by atoms with Crippen molar-refractivity contribution in [2.75, 3.05) is 0 Å². The number of halogens is 2. The van der Waals surface area contributed by atoms with Crippen LogP contribution in [0.5, 0.6) is 0 Å². The topological polar surface area (TPSA) is 25.2 Å². The number of alkyl halides is 2. The first-order valence-corrected chi connectivity index (χ1v) is 8.86. The molecule has 2 rings (SSSR count). The molecule has 2 nitrogen and oxygen atoms in total. The van der Waals surface area contributed by atoms with Gasteiger partial charge < -0.3 is 9.73 Å². The van der Waals surface area contributed by atoms with Crippen molar-refractivity contribution < 1.29 is 13.2 Å². The third-order valence-corrected chi connectivity index (χ3v) is 4.74. The average molecular weight is 331 g/mol. The van der Waals surface area contributed by atoms with Gasteiger partial charge in [0.15, 0.2) is 0 Å². The summed E-state index contributed by atoms with van der Waals surface area (Å²) in [6.45, 7) is 2.77. The molecule has 0 aliphatic rings. The predicted molar refractivity (Wildman–Crippen MR) is 84.8 cm³/mol. The van der Waals surface area contributed by atoms with Gasteiger partial charge in [-0.1, -0.05) is 31.2 Å². The first kappa shape index (κ1) is 16.5. The van der Waals surface area contributed by atoms with Crippen molar-refractivity contribution in [2.45, 2.75) is 43.9 Å². The van der Waals surface area contributed by atoms with E-state index in [1.165, 1.54) is 4.88 Å². The summed E-state index contributed by atoms with van der Waals surface area (Å²) in [5, 5.41) is 5.55. The minimum Gasteiger partial charge on any atom is -0.464 e. The fourth-order valence-corrected chi connectivity index (χ4v) is 3.37. The molecule has 0 saturated heterocycles. The second-order valence-electron chi connectivity index (χ2n) is 4.68. The highest BCUT2D eigenvalue weighted by Gasteiger charge is 2.12. The number of hydrogen-bond donors (Lipinski definition) is 1. The summed E-state index contributed by atoms with van der Waals surface area (Å²) >= 11 is 2.33. The number of hydrogen-bond acceptors (Lipinski definition) is 4. The highest BCUT2D eigenvalue weighted by molar-refractivity contribution is 7.98. The third-order valence-electron chi connectivity index (χ3n) is 3.06. The van der Waals surface area contributed by atoms with Gasteiger partial charge in [-0.15, -0.1) is 11.3 Å². The maximum absolute atomic E-state index is 12.1. The molecule has 2 heterocycles. The van der Waals surface area contributed by atoms with Crippen LogP contribution in [0, 0.1) is 0 Å². The first-order chi connectivity index (χ1) is 10.2. The van der Waals surface area contributed by atoms with Gasteiger partial charge in [0, 0.05) is 10.9 Å². The lowest BCUT2D eigenvalue weighted by molar-refractivity contribution is 0.251. The van der Waals surface area contributed by atoms with E-state index in [-0.39, 0.29) is 5.75 Å². The molecule has 0 aliphatic heterocycles. The van der Waals surface area contributed by atoms with Gasteiger partial charge in [-0.05, 0) is 30.0 Å². The van der Waals surface area contributed by atoms with Crippen LogP contribution < -0.4 is 5.32 Å². The Morgan fingerprint density at radius 1 is 1.29 bits per heavy atom. The van der Waals surface area contributed by atoms with Crippen LogP contribution in [0.2, 0.25) is 0 Å². The number of thiophene rings is 1. The molecule has 0 spiro atoms. The van der Waals surface area contributed by atoms with E-state index in [2.05, 4.69) is 29.8 Å².